The Morgan fingerprint density at radius 1 is 1.18 bits per heavy atom. The summed E-state index contributed by atoms with van der Waals surface area (Å²) in [6, 6.07) is 0. The van der Waals surface area contributed by atoms with E-state index < -0.39 is 0 Å². The van der Waals surface area contributed by atoms with Crippen molar-refractivity contribution in [3.05, 3.63) is 0 Å². The van der Waals surface area contributed by atoms with E-state index in [2.05, 4.69) is 5.32 Å². The molecule has 17 heavy (non-hydrogen) atoms. The Kier molecular flexibility index (Phi) is 3.10. The smallest absolute Gasteiger partial charge is 0.223 e. The summed E-state index contributed by atoms with van der Waals surface area (Å²) in [5, 5.41) is 3.08. The zero-order valence-electron chi connectivity index (χ0n) is 10.5. The van der Waals surface area contributed by atoms with Gasteiger partial charge in [0.15, 0.2) is 0 Å². The molecule has 0 aromatic heterocycles. The van der Waals surface area contributed by atoms with E-state index in [0.717, 1.165) is 11.8 Å². The third kappa shape index (κ3) is 2.21. The van der Waals surface area contributed by atoms with Crippen molar-refractivity contribution in [2.45, 2.75) is 44.4 Å². The Labute approximate surface area is 108 Å². The molecule has 4 aliphatic rings. The summed E-state index contributed by atoms with van der Waals surface area (Å²) in [4.78, 5) is 12.3. The molecule has 1 atom stereocenters. The summed E-state index contributed by atoms with van der Waals surface area (Å²) < 4.78 is 0. The first-order chi connectivity index (χ1) is 8.13. The van der Waals surface area contributed by atoms with Gasteiger partial charge in [-0.25, -0.2) is 0 Å². The highest BCUT2D eigenvalue weighted by atomic mass is 35.5. The minimum atomic E-state index is 0.0378. The average molecular weight is 256 g/mol. The van der Waals surface area contributed by atoms with Crippen LogP contribution in [0.4, 0.5) is 0 Å². The highest BCUT2D eigenvalue weighted by molar-refractivity contribution is 6.20. The van der Waals surface area contributed by atoms with Crippen molar-refractivity contribution in [1.82, 2.24) is 5.32 Å². The summed E-state index contributed by atoms with van der Waals surface area (Å²) in [7, 11) is 0. The lowest BCUT2D eigenvalue weighted by molar-refractivity contribution is -0.138. The van der Waals surface area contributed by atoms with Crippen LogP contribution in [0.25, 0.3) is 0 Å². The van der Waals surface area contributed by atoms with Crippen LogP contribution in [0, 0.1) is 29.6 Å². The van der Waals surface area contributed by atoms with Crippen LogP contribution in [-0.4, -0.2) is 17.8 Å². The van der Waals surface area contributed by atoms with Crippen LogP contribution in [0.3, 0.4) is 0 Å². The fourth-order valence-electron chi connectivity index (χ4n) is 4.71. The number of carbonyl (C=O) groups excluding carboxylic acids is 1. The molecule has 2 nitrogen and oxygen atoms in total. The van der Waals surface area contributed by atoms with Crippen molar-refractivity contribution >= 4 is 17.5 Å². The molecule has 4 rings (SSSR count). The first kappa shape index (κ1) is 11.8. The van der Waals surface area contributed by atoms with Gasteiger partial charge in [-0.2, -0.15) is 0 Å². The highest BCUT2D eigenvalue weighted by Crippen LogP contribution is 2.56. The van der Waals surface area contributed by atoms with Gasteiger partial charge in [0.05, 0.1) is 0 Å². The molecule has 0 heterocycles. The van der Waals surface area contributed by atoms with Gasteiger partial charge in [0.2, 0.25) is 5.91 Å². The summed E-state index contributed by atoms with van der Waals surface area (Å²) in [5.41, 5.74) is 0. The van der Waals surface area contributed by atoms with Crippen molar-refractivity contribution in [3.63, 3.8) is 0 Å². The van der Waals surface area contributed by atoms with E-state index in [1.165, 1.54) is 32.1 Å². The predicted molar refractivity (Wildman–Crippen MR) is 68.9 cm³/mol. The predicted octanol–water partition coefficient (Wildman–Crippen LogP) is 2.80. The second kappa shape index (κ2) is 4.46. The maximum atomic E-state index is 12.3. The van der Waals surface area contributed by atoms with Gasteiger partial charge in [0, 0.05) is 17.8 Å². The second-order valence-corrected chi connectivity index (χ2v) is 7.23. The number of hydrogen-bond donors (Lipinski definition) is 1. The molecule has 3 heteroatoms. The molecule has 0 spiro atoms. The first-order valence-electron chi connectivity index (χ1n) is 7.05. The molecule has 1 N–H and O–H groups in total. The number of carbonyl (C=O) groups is 1. The molecule has 0 saturated heterocycles. The lowest BCUT2D eigenvalue weighted by atomic mass is 9.51. The first-order valence-corrected chi connectivity index (χ1v) is 7.49. The number of halogens is 1. The van der Waals surface area contributed by atoms with E-state index >= 15 is 0 Å². The minimum absolute atomic E-state index is 0.0378. The van der Waals surface area contributed by atoms with Gasteiger partial charge in [0.1, 0.15) is 0 Å². The number of amides is 1. The highest BCUT2D eigenvalue weighted by Gasteiger charge is 2.50. The summed E-state index contributed by atoms with van der Waals surface area (Å²) in [6.07, 6.45) is 6.67. The molecule has 4 aliphatic carbocycles. The minimum Gasteiger partial charge on any atom is -0.354 e. The molecule has 0 radical (unpaired) electrons. The molecule has 1 unspecified atom stereocenters. The van der Waals surface area contributed by atoms with Gasteiger partial charge in [-0.05, 0) is 62.7 Å². The van der Waals surface area contributed by atoms with Crippen molar-refractivity contribution in [1.29, 1.82) is 0 Å². The standard InChI is InChI=1S/C14H22ClNO/c1-8(15)7-16-14(17)13-11-3-9-2-10(5-11)6-12(13)4-9/h8-13H,2-7H2,1H3,(H,16,17). The van der Waals surface area contributed by atoms with E-state index in [-0.39, 0.29) is 11.3 Å². The third-order valence-electron chi connectivity index (χ3n) is 5.09. The van der Waals surface area contributed by atoms with Crippen LogP contribution in [0.15, 0.2) is 0 Å². The van der Waals surface area contributed by atoms with Crippen LogP contribution in [0.2, 0.25) is 0 Å². The maximum absolute atomic E-state index is 12.3. The lowest BCUT2D eigenvalue weighted by Crippen LogP contribution is -2.51. The Bertz CT molecular complexity index is 287. The summed E-state index contributed by atoms with van der Waals surface area (Å²) >= 11 is 5.90. The summed E-state index contributed by atoms with van der Waals surface area (Å²) in [6.45, 7) is 2.54. The Morgan fingerprint density at radius 2 is 1.71 bits per heavy atom. The van der Waals surface area contributed by atoms with Gasteiger partial charge >= 0.3 is 0 Å². The van der Waals surface area contributed by atoms with Crippen LogP contribution >= 0.6 is 11.6 Å². The van der Waals surface area contributed by atoms with Crippen LogP contribution in [0.5, 0.6) is 0 Å². The monoisotopic (exact) mass is 255 g/mol. The van der Waals surface area contributed by atoms with Crippen molar-refractivity contribution < 1.29 is 4.79 Å². The molecule has 4 fully saturated rings. The number of rotatable bonds is 3. The topological polar surface area (TPSA) is 29.1 Å². The van der Waals surface area contributed by atoms with E-state index in [0.29, 0.717) is 24.3 Å². The van der Waals surface area contributed by atoms with Crippen molar-refractivity contribution in [2.24, 2.45) is 29.6 Å². The van der Waals surface area contributed by atoms with Gasteiger partial charge < -0.3 is 5.32 Å². The quantitative estimate of drug-likeness (QED) is 0.772. The maximum Gasteiger partial charge on any atom is 0.223 e. The van der Waals surface area contributed by atoms with Gasteiger partial charge in [-0.15, -0.1) is 11.6 Å². The molecule has 0 aromatic rings. The molecule has 96 valence electrons. The zero-order valence-corrected chi connectivity index (χ0v) is 11.2. The molecule has 1 amide bonds. The van der Waals surface area contributed by atoms with Crippen molar-refractivity contribution in [2.75, 3.05) is 6.54 Å². The van der Waals surface area contributed by atoms with E-state index in [9.17, 15) is 4.79 Å². The number of alkyl halides is 1. The summed E-state index contributed by atoms with van der Waals surface area (Å²) in [5.74, 6) is 3.82. The fourth-order valence-corrected chi connectivity index (χ4v) is 4.79. The van der Waals surface area contributed by atoms with Gasteiger partial charge in [0.25, 0.3) is 0 Å². The van der Waals surface area contributed by atoms with E-state index in [4.69, 9.17) is 11.6 Å². The molecule has 4 saturated carbocycles. The molecular formula is C14H22ClNO. The third-order valence-corrected chi connectivity index (χ3v) is 5.24. The van der Waals surface area contributed by atoms with Gasteiger partial charge in [-0.1, -0.05) is 0 Å². The van der Waals surface area contributed by atoms with Crippen LogP contribution in [-0.2, 0) is 4.79 Å². The molecule has 0 aliphatic heterocycles. The molecule has 4 bridgehead atoms. The van der Waals surface area contributed by atoms with E-state index in [1.54, 1.807) is 0 Å². The normalized spacial score (nSPS) is 44.7. The van der Waals surface area contributed by atoms with E-state index in [1.807, 2.05) is 6.92 Å². The van der Waals surface area contributed by atoms with Crippen LogP contribution < -0.4 is 5.32 Å². The average Bonchev–Trinajstić information content (AvgIpc) is 2.24. The van der Waals surface area contributed by atoms with Gasteiger partial charge in [-0.3, -0.25) is 4.79 Å². The molecule has 0 aromatic carbocycles. The van der Waals surface area contributed by atoms with Crippen molar-refractivity contribution in [3.8, 4) is 0 Å². The lowest BCUT2D eigenvalue weighted by Gasteiger charge is -2.53. The molecular weight excluding hydrogens is 234 g/mol. The Balaban J connectivity index is 1.65. The fraction of sp³-hybridized carbons (Fsp3) is 0.929. The number of nitrogens with one attached hydrogen (secondary N) is 1. The Hall–Kier alpha value is -0.240. The zero-order chi connectivity index (χ0) is 12.0. The largest absolute Gasteiger partial charge is 0.354 e. The van der Waals surface area contributed by atoms with Crippen LogP contribution in [0.1, 0.15) is 39.0 Å². The Morgan fingerprint density at radius 3 is 2.18 bits per heavy atom. The second-order valence-electron chi connectivity index (χ2n) is 6.48. The number of hydrogen-bond acceptors (Lipinski definition) is 1. The SMILES string of the molecule is CC(Cl)CNC(=O)C1C2CC3CC(C2)CC1C3.